The number of piperazine rings is 1. The molecule has 1 aliphatic heterocycles. The number of anilines is 1. The fraction of sp³-hybridized carbons (Fsp3) is 0.583. The van der Waals surface area contributed by atoms with Crippen molar-refractivity contribution in [2.45, 2.75) is 13.8 Å². The summed E-state index contributed by atoms with van der Waals surface area (Å²) in [5.74, 6) is -0.317. The van der Waals surface area contributed by atoms with E-state index in [1.165, 1.54) is 0 Å². The van der Waals surface area contributed by atoms with Crippen molar-refractivity contribution in [2.24, 2.45) is 5.73 Å². The lowest BCUT2D eigenvalue weighted by molar-refractivity contribution is -0.119. The standard InChI is InChI=1S/C10H14BrN5O2.C2H6/c11-9-7(5-13-14-10(9)18)16-3-1-15(2-4-16)6-8(12)17;1-2/h5H,1-4,6H2,(H2,12,17)(H,14,18);1-2H3. The van der Waals surface area contributed by atoms with Crippen LogP contribution in [0.4, 0.5) is 5.69 Å². The maximum Gasteiger partial charge on any atom is 0.280 e. The van der Waals surface area contributed by atoms with Crippen LogP contribution in [0.15, 0.2) is 15.5 Å². The summed E-state index contributed by atoms with van der Waals surface area (Å²) >= 11 is 3.26. The van der Waals surface area contributed by atoms with E-state index in [1.54, 1.807) is 6.20 Å². The van der Waals surface area contributed by atoms with Crippen LogP contribution in [0, 0.1) is 0 Å². The quantitative estimate of drug-likeness (QED) is 0.813. The Labute approximate surface area is 126 Å². The van der Waals surface area contributed by atoms with Crippen LogP contribution in [0.5, 0.6) is 0 Å². The third-order valence-electron chi connectivity index (χ3n) is 2.87. The highest BCUT2D eigenvalue weighted by molar-refractivity contribution is 9.10. The first-order valence-electron chi connectivity index (χ1n) is 6.56. The average Bonchev–Trinajstić information content (AvgIpc) is 2.45. The summed E-state index contributed by atoms with van der Waals surface area (Å²) in [6.45, 7) is 7.22. The van der Waals surface area contributed by atoms with Crippen molar-refractivity contribution in [1.29, 1.82) is 0 Å². The van der Waals surface area contributed by atoms with Crippen LogP contribution >= 0.6 is 15.9 Å². The first kappa shape index (κ1) is 16.6. The minimum absolute atomic E-state index is 0.243. The van der Waals surface area contributed by atoms with Crippen LogP contribution in [0.1, 0.15) is 13.8 Å². The Morgan fingerprint density at radius 2 is 2.00 bits per heavy atom. The number of halogens is 1. The van der Waals surface area contributed by atoms with Crippen molar-refractivity contribution in [1.82, 2.24) is 15.1 Å². The van der Waals surface area contributed by atoms with Crippen LogP contribution in [-0.2, 0) is 4.79 Å². The highest BCUT2D eigenvalue weighted by Gasteiger charge is 2.20. The van der Waals surface area contributed by atoms with E-state index < -0.39 is 0 Å². The molecule has 1 amide bonds. The number of rotatable bonds is 3. The fourth-order valence-corrected chi connectivity index (χ4v) is 2.40. The number of H-pyrrole nitrogens is 1. The number of hydrogen-bond acceptors (Lipinski definition) is 5. The molecule has 1 aromatic heterocycles. The van der Waals surface area contributed by atoms with Gasteiger partial charge >= 0.3 is 0 Å². The van der Waals surface area contributed by atoms with E-state index in [-0.39, 0.29) is 18.0 Å². The van der Waals surface area contributed by atoms with Gasteiger partial charge in [0.05, 0.1) is 18.4 Å². The molecule has 1 aliphatic rings. The second-order valence-corrected chi connectivity index (χ2v) is 4.92. The maximum atomic E-state index is 11.4. The van der Waals surface area contributed by atoms with E-state index in [0.717, 1.165) is 31.9 Å². The van der Waals surface area contributed by atoms with Gasteiger partial charge in [0, 0.05) is 26.2 Å². The minimum Gasteiger partial charge on any atom is -0.369 e. The lowest BCUT2D eigenvalue weighted by Crippen LogP contribution is -2.49. The van der Waals surface area contributed by atoms with Gasteiger partial charge in [-0.25, -0.2) is 5.10 Å². The number of aromatic amines is 1. The van der Waals surface area contributed by atoms with Crippen molar-refractivity contribution < 1.29 is 4.79 Å². The fourth-order valence-electron chi connectivity index (χ4n) is 1.96. The highest BCUT2D eigenvalue weighted by atomic mass is 79.9. The lowest BCUT2D eigenvalue weighted by atomic mass is 10.3. The molecule has 0 spiro atoms. The third-order valence-corrected chi connectivity index (χ3v) is 3.64. The molecule has 0 aliphatic carbocycles. The SMILES string of the molecule is CC.NC(=O)CN1CCN(c2cn[nH]c(=O)c2Br)CC1. The van der Waals surface area contributed by atoms with Crippen LogP contribution in [0.25, 0.3) is 0 Å². The van der Waals surface area contributed by atoms with E-state index in [4.69, 9.17) is 5.73 Å². The number of carbonyl (C=O) groups excluding carboxylic acids is 1. The molecule has 1 aromatic rings. The number of nitrogens with two attached hydrogens (primary N) is 1. The second kappa shape index (κ2) is 8.01. The number of primary amides is 1. The van der Waals surface area contributed by atoms with Gasteiger partial charge in [-0.15, -0.1) is 0 Å². The molecule has 20 heavy (non-hydrogen) atoms. The monoisotopic (exact) mass is 345 g/mol. The molecule has 0 saturated carbocycles. The smallest absolute Gasteiger partial charge is 0.280 e. The number of nitrogens with one attached hydrogen (secondary N) is 1. The van der Waals surface area contributed by atoms with Crippen molar-refractivity contribution in [2.75, 3.05) is 37.6 Å². The van der Waals surface area contributed by atoms with E-state index >= 15 is 0 Å². The molecule has 1 fully saturated rings. The number of nitrogens with zero attached hydrogens (tertiary/aromatic N) is 3. The molecule has 0 bridgehead atoms. The summed E-state index contributed by atoms with van der Waals surface area (Å²) < 4.78 is 0.487. The second-order valence-electron chi connectivity index (χ2n) is 4.13. The molecule has 112 valence electrons. The van der Waals surface area contributed by atoms with E-state index in [0.29, 0.717) is 4.47 Å². The van der Waals surface area contributed by atoms with Crippen LogP contribution in [0.2, 0.25) is 0 Å². The molecule has 1 saturated heterocycles. The molecule has 7 nitrogen and oxygen atoms in total. The zero-order valence-electron chi connectivity index (χ0n) is 11.7. The Balaban J connectivity index is 0.000000956. The molecular weight excluding hydrogens is 326 g/mol. The van der Waals surface area contributed by atoms with Gasteiger partial charge < -0.3 is 10.6 Å². The molecule has 0 unspecified atom stereocenters. The number of amides is 1. The average molecular weight is 346 g/mol. The highest BCUT2D eigenvalue weighted by Crippen LogP contribution is 2.21. The summed E-state index contributed by atoms with van der Waals surface area (Å²) in [7, 11) is 0. The molecule has 0 aromatic carbocycles. The van der Waals surface area contributed by atoms with Crippen LogP contribution in [-0.4, -0.2) is 53.7 Å². The Kier molecular flexibility index (Phi) is 6.66. The van der Waals surface area contributed by atoms with Gasteiger partial charge in [0.1, 0.15) is 4.47 Å². The first-order chi connectivity index (χ1) is 9.58. The summed E-state index contributed by atoms with van der Waals surface area (Å²) in [4.78, 5) is 26.3. The Morgan fingerprint density at radius 3 is 2.55 bits per heavy atom. The zero-order chi connectivity index (χ0) is 15.1. The Hall–Kier alpha value is -1.41. The molecule has 8 heteroatoms. The first-order valence-corrected chi connectivity index (χ1v) is 7.36. The van der Waals surface area contributed by atoms with Crippen molar-refractivity contribution in [3.8, 4) is 0 Å². The van der Waals surface area contributed by atoms with Gasteiger partial charge in [-0.3, -0.25) is 14.5 Å². The molecule has 2 rings (SSSR count). The summed E-state index contributed by atoms with van der Waals surface area (Å²) in [6, 6.07) is 0. The predicted octanol–water partition coefficient (Wildman–Crippen LogP) is 0.166. The van der Waals surface area contributed by atoms with E-state index in [2.05, 4.69) is 31.0 Å². The summed E-state index contributed by atoms with van der Waals surface area (Å²) in [6.07, 6.45) is 1.62. The van der Waals surface area contributed by atoms with Crippen molar-refractivity contribution in [3.63, 3.8) is 0 Å². The van der Waals surface area contributed by atoms with Crippen LogP contribution in [0.3, 0.4) is 0 Å². The summed E-state index contributed by atoms with van der Waals surface area (Å²) in [5.41, 5.74) is 5.69. The Morgan fingerprint density at radius 1 is 1.40 bits per heavy atom. The van der Waals surface area contributed by atoms with Crippen molar-refractivity contribution in [3.05, 3.63) is 21.0 Å². The van der Waals surface area contributed by atoms with Gasteiger partial charge in [-0.2, -0.15) is 5.10 Å². The number of carbonyl (C=O) groups is 1. The molecule has 0 atom stereocenters. The number of hydrogen-bond donors (Lipinski definition) is 2. The largest absolute Gasteiger partial charge is 0.369 e. The van der Waals surface area contributed by atoms with Gasteiger partial charge in [-0.1, -0.05) is 13.8 Å². The van der Waals surface area contributed by atoms with E-state index in [9.17, 15) is 9.59 Å². The molecule has 3 N–H and O–H groups in total. The maximum absolute atomic E-state index is 11.4. The topological polar surface area (TPSA) is 95.3 Å². The normalized spacial score (nSPS) is 15.4. The van der Waals surface area contributed by atoms with Gasteiger partial charge in [0.15, 0.2) is 0 Å². The molecule has 0 radical (unpaired) electrons. The molecule has 2 heterocycles. The predicted molar refractivity (Wildman–Crippen MR) is 81.8 cm³/mol. The van der Waals surface area contributed by atoms with Gasteiger partial charge in [0.25, 0.3) is 5.56 Å². The van der Waals surface area contributed by atoms with Gasteiger partial charge in [0.2, 0.25) is 5.91 Å². The third kappa shape index (κ3) is 4.31. The lowest BCUT2D eigenvalue weighted by Gasteiger charge is -2.35. The molecular formula is C12H20BrN5O2. The zero-order valence-corrected chi connectivity index (χ0v) is 13.3. The van der Waals surface area contributed by atoms with Gasteiger partial charge in [-0.05, 0) is 15.9 Å². The Bertz CT molecular complexity index is 497. The van der Waals surface area contributed by atoms with E-state index in [1.807, 2.05) is 18.7 Å². The van der Waals surface area contributed by atoms with Crippen LogP contribution < -0.4 is 16.2 Å². The minimum atomic E-state index is -0.317. The number of aromatic nitrogens is 2. The van der Waals surface area contributed by atoms with Crippen molar-refractivity contribution >= 4 is 27.5 Å². The summed E-state index contributed by atoms with van der Waals surface area (Å²) in [5, 5.41) is 6.15.